The van der Waals surface area contributed by atoms with Gasteiger partial charge in [-0.3, -0.25) is 10.1 Å². The molecule has 1 N–H and O–H groups in total. The molecule has 0 aliphatic carbocycles. The van der Waals surface area contributed by atoms with E-state index in [1.54, 1.807) is 42.1 Å². The molecule has 29 heavy (non-hydrogen) atoms. The molecule has 0 aliphatic heterocycles. The maximum atomic E-state index is 12.2. The van der Waals surface area contributed by atoms with Crippen LogP contribution in [0.1, 0.15) is 18.7 Å². The first-order chi connectivity index (χ1) is 14.0. The fourth-order valence-corrected chi connectivity index (χ4v) is 4.72. The van der Waals surface area contributed by atoms with Gasteiger partial charge in [-0.05, 0) is 30.7 Å². The summed E-state index contributed by atoms with van der Waals surface area (Å²) in [5.74, 6) is 0.755. The number of benzene rings is 2. The molecule has 2 aromatic carbocycles. The maximum Gasteiger partial charge on any atom is 0.322 e. The first-order valence-electron chi connectivity index (χ1n) is 9.11. The highest BCUT2D eigenvalue weighted by atomic mass is 32.2. The van der Waals surface area contributed by atoms with Gasteiger partial charge >= 0.3 is 6.01 Å². The summed E-state index contributed by atoms with van der Waals surface area (Å²) < 4.78 is 29.8. The fraction of sp³-hybridized carbons (Fsp3) is 0.250. The zero-order valence-corrected chi connectivity index (χ0v) is 17.3. The van der Waals surface area contributed by atoms with Gasteiger partial charge in [-0.2, -0.15) is 0 Å². The lowest BCUT2D eigenvalue weighted by molar-refractivity contribution is -0.116. The van der Waals surface area contributed by atoms with Crippen LogP contribution >= 0.6 is 11.8 Å². The molecule has 0 saturated carbocycles. The first-order valence-corrected chi connectivity index (χ1v) is 11.7. The Bertz CT molecular complexity index is 1020. The van der Waals surface area contributed by atoms with Crippen molar-refractivity contribution in [2.75, 3.05) is 16.8 Å². The largest absolute Gasteiger partial charge is 0.408 e. The van der Waals surface area contributed by atoms with Crippen molar-refractivity contribution in [2.45, 2.75) is 29.1 Å². The second-order valence-corrected chi connectivity index (χ2v) is 9.47. The Hall–Kier alpha value is -2.65. The molecular weight excluding hydrogens is 410 g/mol. The monoisotopic (exact) mass is 431 g/mol. The molecule has 9 heteroatoms. The van der Waals surface area contributed by atoms with E-state index in [0.717, 1.165) is 10.6 Å². The average Bonchev–Trinajstić information content (AvgIpc) is 3.16. The van der Waals surface area contributed by atoms with E-state index >= 15 is 0 Å². The number of aryl methyl sites for hydroxylation is 1. The predicted octanol–water partition coefficient (Wildman–Crippen LogP) is 3.60. The van der Waals surface area contributed by atoms with Crippen LogP contribution in [0.2, 0.25) is 0 Å². The number of nitrogens with one attached hydrogen (secondary N) is 1. The van der Waals surface area contributed by atoms with Crippen molar-refractivity contribution < 1.29 is 17.6 Å². The summed E-state index contributed by atoms with van der Waals surface area (Å²) in [4.78, 5) is 13.4. The highest BCUT2D eigenvalue weighted by Crippen LogP contribution is 2.19. The Morgan fingerprint density at radius 2 is 1.69 bits per heavy atom. The van der Waals surface area contributed by atoms with Gasteiger partial charge in [-0.1, -0.05) is 41.5 Å². The standard InChI is InChI=1S/C20H21N3O4S2/c24-18(12-7-15-29(25,26)17-10-5-2-6-11-17)21-20-23-22-19(27-20)13-14-28-16-8-3-1-4-9-16/h1-6,8-11H,7,12-15H2,(H,21,23,24). The Labute approximate surface area is 173 Å². The van der Waals surface area contributed by atoms with Crippen LogP contribution in [0.15, 0.2) is 74.9 Å². The molecule has 0 aliphatic rings. The zero-order chi connectivity index (χ0) is 20.5. The summed E-state index contributed by atoms with van der Waals surface area (Å²) in [5.41, 5.74) is 0. The third-order valence-corrected chi connectivity index (χ3v) is 6.79. The van der Waals surface area contributed by atoms with E-state index in [4.69, 9.17) is 4.42 Å². The summed E-state index contributed by atoms with van der Waals surface area (Å²) in [6, 6.07) is 18.2. The number of aromatic nitrogens is 2. The van der Waals surface area contributed by atoms with Gasteiger partial charge in [-0.25, -0.2) is 8.42 Å². The number of amides is 1. The average molecular weight is 432 g/mol. The Morgan fingerprint density at radius 1 is 1.00 bits per heavy atom. The number of anilines is 1. The normalized spacial score (nSPS) is 11.3. The van der Waals surface area contributed by atoms with Crippen molar-refractivity contribution in [3.8, 4) is 0 Å². The maximum absolute atomic E-state index is 12.2. The third-order valence-electron chi connectivity index (χ3n) is 3.96. The second-order valence-electron chi connectivity index (χ2n) is 6.20. The molecule has 0 radical (unpaired) electrons. The van der Waals surface area contributed by atoms with Crippen LogP contribution in [0.25, 0.3) is 0 Å². The summed E-state index contributed by atoms with van der Waals surface area (Å²) in [6.07, 6.45) is 0.836. The number of carbonyl (C=O) groups is 1. The number of thioether (sulfide) groups is 1. The van der Waals surface area contributed by atoms with Crippen LogP contribution in [0.5, 0.6) is 0 Å². The number of rotatable bonds is 10. The van der Waals surface area contributed by atoms with Gasteiger partial charge in [0.2, 0.25) is 11.8 Å². The van der Waals surface area contributed by atoms with E-state index in [1.165, 1.54) is 0 Å². The highest BCUT2D eigenvalue weighted by Gasteiger charge is 2.15. The lowest BCUT2D eigenvalue weighted by Gasteiger charge is -2.04. The minimum absolute atomic E-state index is 0.0284. The summed E-state index contributed by atoms with van der Waals surface area (Å²) >= 11 is 1.68. The smallest absolute Gasteiger partial charge is 0.322 e. The minimum Gasteiger partial charge on any atom is -0.408 e. The van der Waals surface area contributed by atoms with E-state index in [9.17, 15) is 13.2 Å². The minimum atomic E-state index is -3.39. The quantitative estimate of drug-likeness (QED) is 0.489. The zero-order valence-electron chi connectivity index (χ0n) is 15.7. The highest BCUT2D eigenvalue weighted by molar-refractivity contribution is 7.99. The summed E-state index contributed by atoms with van der Waals surface area (Å²) in [6.45, 7) is 0. The van der Waals surface area contributed by atoms with Gasteiger partial charge in [0.1, 0.15) is 0 Å². The number of sulfone groups is 1. The third kappa shape index (κ3) is 6.72. The molecule has 0 spiro atoms. The topological polar surface area (TPSA) is 102 Å². The fourth-order valence-electron chi connectivity index (χ4n) is 2.53. The van der Waals surface area contributed by atoms with Crippen molar-refractivity contribution in [3.05, 3.63) is 66.6 Å². The first kappa shape index (κ1) is 21.1. The van der Waals surface area contributed by atoms with Crippen molar-refractivity contribution in [1.29, 1.82) is 0 Å². The van der Waals surface area contributed by atoms with Crippen molar-refractivity contribution in [3.63, 3.8) is 0 Å². The Morgan fingerprint density at radius 3 is 2.41 bits per heavy atom. The molecule has 3 rings (SSSR count). The van der Waals surface area contributed by atoms with Crippen molar-refractivity contribution in [1.82, 2.24) is 10.2 Å². The lowest BCUT2D eigenvalue weighted by atomic mass is 10.3. The predicted molar refractivity (Wildman–Crippen MR) is 112 cm³/mol. The van der Waals surface area contributed by atoms with E-state index < -0.39 is 9.84 Å². The van der Waals surface area contributed by atoms with Crippen LogP contribution in [-0.2, 0) is 21.1 Å². The van der Waals surface area contributed by atoms with Crippen LogP contribution in [0.4, 0.5) is 6.01 Å². The van der Waals surface area contributed by atoms with Gasteiger partial charge in [0.25, 0.3) is 0 Å². The molecule has 1 amide bonds. The molecule has 3 aromatic rings. The van der Waals surface area contributed by atoms with Crippen molar-refractivity contribution >= 4 is 33.5 Å². The molecule has 1 heterocycles. The van der Waals surface area contributed by atoms with Gasteiger partial charge in [0.05, 0.1) is 10.6 Å². The number of nitrogens with zero attached hydrogens (tertiary/aromatic N) is 2. The molecule has 152 valence electrons. The van der Waals surface area contributed by atoms with Crippen LogP contribution < -0.4 is 5.32 Å². The second kappa shape index (κ2) is 10.2. The molecule has 0 saturated heterocycles. The number of hydrogen-bond acceptors (Lipinski definition) is 7. The van der Waals surface area contributed by atoms with Gasteiger partial charge in [0, 0.05) is 23.5 Å². The molecule has 0 atom stereocenters. The SMILES string of the molecule is O=C(CCCS(=O)(=O)c1ccccc1)Nc1nnc(CCSc2ccccc2)o1. The number of hydrogen-bond donors (Lipinski definition) is 1. The molecule has 7 nitrogen and oxygen atoms in total. The van der Waals surface area contributed by atoms with Crippen LogP contribution in [0, 0.1) is 0 Å². The molecular formula is C20H21N3O4S2. The Kier molecular flexibility index (Phi) is 7.42. The van der Waals surface area contributed by atoms with E-state index in [-0.39, 0.29) is 35.4 Å². The lowest BCUT2D eigenvalue weighted by Crippen LogP contribution is -2.14. The molecule has 0 unspecified atom stereocenters. The van der Waals surface area contributed by atoms with E-state index in [0.29, 0.717) is 12.3 Å². The summed E-state index contributed by atoms with van der Waals surface area (Å²) in [7, 11) is -3.39. The molecule has 0 fully saturated rings. The van der Waals surface area contributed by atoms with Crippen LogP contribution in [-0.4, -0.2) is 36.0 Å². The Balaban J connectivity index is 1.39. The summed E-state index contributed by atoms with van der Waals surface area (Å²) in [5, 5.41) is 10.2. The van der Waals surface area contributed by atoms with Gasteiger partial charge in [0.15, 0.2) is 9.84 Å². The van der Waals surface area contributed by atoms with Crippen molar-refractivity contribution in [2.24, 2.45) is 0 Å². The number of carbonyl (C=O) groups excluding carboxylic acids is 1. The van der Waals surface area contributed by atoms with Gasteiger partial charge in [-0.15, -0.1) is 16.9 Å². The van der Waals surface area contributed by atoms with Crippen LogP contribution in [0.3, 0.4) is 0 Å². The van der Waals surface area contributed by atoms with E-state index in [2.05, 4.69) is 15.5 Å². The molecule has 1 aromatic heterocycles. The van der Waals surface area contributed by atoms with Gasteiger partial charge < -0.3 is 4.42 Å². The molecule has 0 bridgehead atoms. The van der Waals surface area contributed by atoms with E-state index in [1.807, 2.05) is 30.3 Å².